The van der Waals surface area contributed by atoms with E-state index in [0.717, 1.165) is 43.3 Å². The summed E-state index contributed by atoms with van der Waals surface area (Å²) in [6.07, 6.45) is 1.75. The van der Waals surface area contributed by atoms with Gasteiger partial charge in [0.1, 0.15) is 5.75 Å². The fraction of sp³-hybridized carbons (Fsp3) is 0.292. The lowest BCUT2D eigenvalue weighted by atomic mass is 9.91. The fourth-order valence-electron chi connectivity index (χ4n) is 3.74. The minimum Gasteiger partial charge on any atom is -0.494 e. The van der Waals surface area contributed by atoms with Gasteiger partial charge < -0.3 is 25.0 Å². The fourth-order valence-corrected chi connectivity index (χ4v) is 3.74. The predicted octanol–water partition coefficient (Wildman–Crippen LogP) is 3.39. The van der Waals surface area contributed by atoms with Crippen molar-refractivity contribution in [1.29, 1.82) is 0 Å². The average Bonchev–Trinajstić information content (AvgIpc) is 2.80. The highest BCUT2D eigenvalue weighted by Crippen LogP contribution is 2.29. The molecule has 0 radical (unpaired) electrons. The van der Waals surface area contributed by atoms with E-state index in [-0.39, 0.29) is 11.8 Å². The zero-order valence-electron chi connectivity index (χ0n) is 17.2. The number of hydrogen-bond acceptors (Lipinski definition) is 6. The van der Waals surface area contributed by atoms with Gasteiger partial charge in [0.05, 0.1) is 31.7 Å². The molecule has 0 saturated carbocycles. The Morgan fingerprint density at radius 1 is 1.13 bits per heavy atom. The Balaban J connectivity index is 1.55. The van der Waals surface area contributed by atoms with Crippen LogP contribution in [0.2, 0.25) is 0 Å². The van der Waals surface area contributed by atoms with E-state index in [1.807, 2.05) is 55.5 Å². The highest BCUT2D eigenvalue weighted by Gasteiger charge is 2.27. The molecular weight excluding hydrogens is 378 g/mol. The predicted molar refractivity (Wildman–Crippen MR) is 118 cm³/mol. The van der Waals surface area contributed by atoms with E-state index in [2.05, 4.69) is 22.1 Å². The minimum absolute atomic E-state index is 0.0186. The number of carbonyl (C=O) groups is 1. The van der Waals surface area contributed by atoms with Gasteiger partial charge in [-0.2, -0.15) is 0 Å². The molecule has 30 heavy (non-hydrogen) atoms. The first-order valence-electron chi connectivity index (χ1n) is 10.3. The first-order chi connectivity index (χ1) is 14.7. The Hall–Kier alpha value is -3.25. The van der Waals surface area contributed by atoms with E-state index in [1.165, 1.54) is 0 Å². The molecule has 4 rings (SSSR count). The highest BCUT2D eigenvalue weighted by atomic mass is 16.5. The molecule has 1 saturated heterocycles. The Morgan fingerprint density at radius 3 is 2.50 bits per heavy atom. The quantitative estimate of drug-likeness (QED) is 0.719. The van der Waals surface area contributed by atoms with Gasteiger partial charge in [-0.05, 0) is 48.9 Å². The van der Waals surface area contributed by atoms with Crippen LogP contribution in [0.1, 0.15) is 28.9 Å². The maximum atomic E-state index is 13.3. The van der Waals surface area contributed by atoms with Crippen LogP contribution in [0.25, 0.3) is 0 Å². The van der Waals surface area contributed by atoms with Crippen LogP contribution in [0.4, 0.5) is 5.69 Å². The van der Waals surface area contributed by atoms with Gasteiger partial charge in [0.2, 0.25) is 0 Å². The molecule has 2 heterocycles. The molecule has 2 N–H and O–H groups in total. The van der Waals surface area contributed by atoms with Crippen LogP contribution in [-0.4, -0.2) is 38.7 Å². The van der Waals surface area contributed by atoms with Crippen molar-refractivity contribution in [2.24, 2.45) is 0 Å². The van der Waals surface area contributed by atoms with Gasteiger partial charge in [-0.15, -0.1) is 0 Å². The minimum atomic E-state index is -0.277. The lowest BCUT2D eigenvalue weighted by Gasteiger charge is -2.29. The number of rotatable bonds is 6. The average molecular weight is 405 g/mol. The van der Waals surface area contributed by atoms with E-state index < -0.39 is 0 Å². The molecule has 0 spiro atoms. The second-order valence-electron chi connectivity index (χ2n) is 7.28. The molecule has 6 heteroatoms. The van der Waals surface area contributed by atoms with E-state index in [0.29, 0.717) is 23.6 Å². The molecule has 0 aromatic heterocycles. The van der Waals surface area contributed by atoms with Gasteiger partial charge in [-0.3, -0.25) is 4.79 Å². The molecular formula is C24H27N3O3. The number of morpholine rings is 1. The zero-order chi connectivity index (χ0) is 20.9. The third-order valence-electron chi connectivity index (χ3n) is 5.32. The number of ketones is 1. The monoisotopic (exact) mass is 405 g/mol. The number of hydrogen-bond donors (Lipinski definition) is 2. The smallest absolute Gasteiger partial charge is 0.192 e. The van der Waals surface area contributed by atoms with Gasteiger partial charge in [0.25, 0.3) is 0 Å². The Morgan fingerprint density at radius 2 is 1.83 bits per heavy atom. The van der Waals surface area contributed by atoms with Gasteiger partial charge in [-0.1, -0.05) is 18.7 Å². The number of anilines is 1. The molecule has 0 amide bonds. The molecule has 6 nitrogen and oxygen atoms in total. The van der Waals surface area contributed by atoms with Crippen LogP contribution in [0, 0.1) is 0 Å². The number of nitrogens with one attached hydrogen (secondary N) is 2. The van der Waals surface area contributed by atoms with Crippen LogP contribution in [0.3, 0.4) is 0 Å². The molecule has 2 aromatic carbocycles. The van der Waals surface area contributed by atoms with Crippen molar-refractivity contribution in [1.82, 2.24) is 10.6 Å². The molecule has 1 fully saturated rings. The van der Waals surface area contributed by atoms with Crippen molar-refractivity contribution in [3.63, 3.8) is 0 Å². The van der Waals surface area contributed by atoms with E-state index in [4.69, 9.17) is 9.47 Å². The lowest BCUT2D eigenvalue weighted by molar-refractivity contribution is 0.102. The number of benzene rings is 2. The number of Topliss-reactive ketones (excluding diaryl/α,β-unsaturated/α-hetero) is 1. The van der Waals surface area contributed by atoms with Crippen molar-refractivity contribution in [2.75, 3.05) is 37.8 Å². The van der Waals surface area contributed by atoms with Crippen LogP contribution in [0.5, 0.6) is 5.75 Å². The van der Waals surface area contributed by atoms with Gasteiger partial charge >= 0.3 is 0 Å². The maximum Gasteiger partial charge on any atom is 0.192 e. The molecule has 2 aliphatic heterocycles. The second-order valence-corrected chi connectivity index (χ2v) is 7.28. The SMILES string of the molecule is C=C1NC=C(C(=O)c2ccc(N3CCOCC3)cc2)C(c2ccc(OCC)cc2)N1. The molecule has 1 atom stereocenters. The summed E-state index contributed by atoms with van der Waals surface area (Å²) in [7, 11) is 0. The summed E-state index contributed by atoms with van der Waals surface area (Å²) in [5, 5.41) is 6.33. The first-order valence-corrected chi connectivity index (χ1v) is 10.3. The Kier molecular flexibility index (Phi) is 6.05. The standard InChI is InChI=1S/C24H27N3O3/c1-3-30-21-10-6-18(7-11-21)23-22(16-25-17(2)26-23)24(28)19-4-8-20(9-5-19)27-12-14-29-15-13-27/h4-11,16,23,25-26H,2-3,12-15H2,1H3. The molecule has 0 bridgehead atoms. The summed E-state index contributed by atoms with van der Waals surface area (Å²) < 4.78 is 10.9. The molecule has 2 aromatic rings. The zero-order valence-corrected chi connectivity index (χ0v) is 17.2. The summed E-state index contributed by atoms with van der Waals surface area (Å²) in [5.74, 6) is 1.45. The summed E-state index contributed by atoms with van der Waals surface area (Å²) in [5.41, 5.74) is 3.39. The Labute approximate surface area is 177 Å². The third kappa shape index (κ3) is 4.33. The summed E-state index contributed by atoms with van der Waals surface area (Å²) in [4.78, 5) is 15.6. The van der Waals surface area contributed by atoms with E-state index in [9.17, 15) is 4.79 Å². The van der Waals surface area contributed by atoms with Crippen molar-refractivity contribution in [2.45, 2.75) is 13.0 Å². The largest absolute Gasteiger partial charge is 0.494 e. The van der Waals surface area contributed by atoms with Crippen LogP contribution in [-0.2, 0) is 4.74 Å². The van der Waals surface area contributed by atoms with E-state index in [1.54, 1.807) is 6.20 Å². The Bertz CT molecular complexity index is 929. The number of nitrogens with zero attached hydrogens (tertiary/aromatic N) is 1. The van der Waals surface area contributed by atoms with Crippen molar-refractivity contribution < 1.29 is 14.3 Å². The maximum absolute atomic E-state index is 13.3. The van der Waals surface area contributed by atoms with Crippen LogP contribution in [0.15, 0.2) is 72.7 Å². The normalized spacial score (nSPS) is 18.8. The molecule has 156 valence electrons. The number of carbonyl (C=O) groups excluding carboxylic acids is 1. The van der Waals surface area contributed by atoms with Crippen molar-refractivity contribution >= 4 is 11.5 Å². The molecule has 2 aliphatic rings. The van der Waals surface area contributed by atoms with Crippen LogP contribution >= 0.6 is 0 Å². The van der Waals surface area contributed by atoms with Crippen LogP contribution < -0.4 is 20.3 Å². The molecule has 0 aliphatic carbocycles. The molecule has 1 unspecified atom stereocenters. The summed E-state index contributed by atoms with van der Waals surface area (Å²) in [6.45, 7) is 9.73. The van der Waals surface area contributed by atoms with E-state index >= 15 is 0 Å². The summed E-state index contributed by atoms with van der Waals surface area (Å²) >= 11 is 0. The van der Waals surface area contributed by atoms with Gasteiger partial charge in [-0.25, -0.2) is 0 Å². The highest BCUT2D eigenvalue weighted by molar-refractivity contribution is 6.09. The lowest BCUT2D eigenvalue weighted by Crippen LogP contribution is -2.36. The topological polar surface area (TPSA) is 62.8 Å². The van der Waals surface area contributed by atoms with Gasteiger partial charge in [0.15, 0.2) is 5.78 Å². The summed E-state index contributed by atoms with van der Waals surface area (Å²) in [6, 6.07) is 15.3. The third-order valence-corrected chi connectivity index (χ3v) is 5.32. The number of ether oxygens (including phenoxy) is 2. The van der Waals surface area contributed by atoms with Crippen molar-refractivity contribution in [3.05, 3.63) is 83.8 Å². The van der Waals surface area contributed by atoms with Gasteiger partial charge in [0, 0.05) is 36.1 Å². The first kappa shape index (κ1) is 20.0. The van der Waals surface area contributed by atoms with Crippen molar-refractivity contribution in [3.8, 4) is 5.75 Å². The second kappa shape index (κ2) is 9.05.